The van der Waals surface area contributed by atoms with Crippen molar-refractivity contribution >= 4 is 11.6 Å². The molecule has 2 fully saturated rings. The van der Waals surface area contributed by atoms with E-state index in [9.17, 15) is 0 Å². The molecular weight excluding hydrogens is 288 g/mol. The molecule has 3 N–H and O–H groups in total. The van der Waals surface area contributed by atoms with Crippen LogP contribution in [0, 0.1) is 6.92 Å². The molecule has 0 spiro atoms. The van der Waals surface area contributed by atoms with Crippen LogP contribution in [0.2, 0.25) is 0 Å². The first kappa shape index (κ1) is 16.3. The summed E-state index contributed by atoms with van der Waals surface area (Å²) in [5.41, 5.74) is 8.46. The molecule has 23 heavy (non-hydrogen) atoms. The van der Waals surface area contributed by atoms with Crippen LogP contribution in [-0.2, 0) is 4.74 Å². The lowest BCUT2D eigenvalue weighted by Crippen LogP contribution is -2.53. The highest BCUT2D eigenvalue weighted by Gasteiger charge is 2.39. The van der Waals surface area contributed by atoms with Gasteiger partial charge in [-0.2, -0.15) is 0 Å². The molecule has 1 aromatic rings. The molecule has 0 unspecified atom stereocenters. The van der Waals surface area contributed by atoms with Gasteiger partial charge in [0.15, 0.2) is 5.96 Å². The van der Waals surface area contributed by atoms with Gasteiger partial charge in [-0.15, -0.1) is 0 Å². The first-order valence-corrected chi connectivity index (χ1v) is 8.64. The zero-order chi connectivity index (χ0) is 16.1. The van der Waals surface area contributed by atoms with Gasteiger partial charge in [0, 0.05) is 24.4 Å². The number of guanidine groups is 1. The third kappa shape index (κ3) is 4.03. The number of likely N-dealkylation sites (tertiary alicyclic amines) is 1. The zero-order valence-corrected chi connectivity index (χ0v) is 14.1. The van der Waals surface area contributed by atoms with Crippen LogP contribution in [-0.4, -0.2) is 49.2 Å². The Morgan fingerprint density at radius 2 is 1.87 bits per heavy atom. The molecular formula is C18H28N4O. The number of benzene rings is 1. The number of aliphatic imine (C=N–C) groups is 1. The topological polar surface area (TPSA) is 62.9 Å². The van der Waals surface area contributed by atoms with E-state index in [1.807, 2.05) is 12.1 Å². The minimum absolute atomic E-state index is 0.133. The summed E-state index contributed by atoms with van der Waals surface area (Å²) in [5.74, 6) is 0.499. The number of hydrogen-bond donors (Lipinski definition) is 2. The molecule has 0 amide bonds. The van der Waals surface area contributed by atoms with Crippen LogP contribution in [0.15, 0.2) is 29.3 Å². The Morgan fingerprint density at radius 1 is 1.22 bits per heavy atom. The van der Waals surface area contributed by atoms with E-state index in [1.165, 1.54) is 31.5 Å². The van der Waals surface area contributed by atoms with E-state index in [0.29, 0.717) is 5.96 Å². The van der Waals surface area contributed by atoms with Crippen LogP contribution in [0.5, 0.6) is 0 Å². The predicted molar refractivity (Wildman–Crippen MR) is 94.9 cm³/mol. The zero-order valence-electron chi connectivity index (χ0n) is 14.1. The van der Waals surface area contributed by atoms with Gasteiger partial charge in [-0.3, -0.25) is 9.89 Å². The van der Waals surface area contributed by atoms with Gasteiger partial charge in [0.1, 0.15) is 0 Å². The number of aryl methyl sites for hydroxylation is 1. The van der Waals surface area contributed by atoms with Gasteiger partial charge >= 0.3 is 0 Å². The molecule has 2 aliphatic heterocycles. The van der Waals surface area contributed by atoms with E-state index < -0.39 is 0 Å². The first-order valence-electron chi connectivity index (χ1n) is 8.64. The molecule has 3 rings (SSSR count). The summed E-state index contributed by atoms with van der Waals surface area (Å²) in [6.45, 7) is 6.85. The number of anilines is 1. The van der Waals surface area contributed by atoms with E-state index >= 15 is 0 Å². The smallest absolute Gasteiger partial charge is 0.193 e. The number of rotatable bonds is 4. The second kappa shape index (κ2) is 7.32. The molecule has 2 aliphatic rings. The summed E-state index contributed by atoms with van der Waals surface area (Å²) < 4.78 is 5.58. The first-order chi connectivity index (χ1) is 11.2. The number of nitrogens with two attached hydrogens (primary N) is 1. The fourth-order valence-corrected chi connectivity index (χ4v) is 3.57. The fourth-order valence-electron chi connectivity index (χ4n) is 3.57. The van der Waals surface area contributed by atoms with E-state index in [4.69, 9.17) is 10.5 Å². The number of hydrogen-bond acceptors (Lipinski definition) is 3. The van der Waals surface area contributed by atoms with Crippen LogP contribution < -0.4 is 11.1 Å². The molecule has 2 saturated heterocycles. The summed E-state index contributed by atoms with van der Waals surface area (Å²) in [6, 6.07) is 8.20. The molecule has 2 heterocycles. The van der Waals surface area contributed by atoms with Crippen molar-refractivity contribution in [3.8, 4) is 0 Å². The van der Waals surface area contributed by atoms with E-state index in [2.05, 4.69) is 34.3 Å². The maximum absolute atomic E-state index is 6.11. The van der Waals surface area contributed by atoms with Crippen molar-refractivity contribution in [2.75, 3.05) is 38.2 Å². The minimum atomic E-state index is 0.133. The molecule has 5 heteroatoms. The van der Waals surface area contributed by atoms with Gasteiger partial charge in [-0.1, -0.05) is 17.7 Å². The number of ether oxygens (including phenoxy) is 1. The Labute approximate surface area is 138 Å². The monoisotopic (exact) mass is 316 g/mol. The maximum Gasteiger partial charge on any atom is 0.193 e. The Hall–Kier alpha value is -1.59. The van der Waals surface area contributed by atoms with Crippen molar-refractivity contribution in [2.24, 2.45) is 10.7 Å². The summed E-state index contributed by atoms with van der Waals surface area (Å²) in [6.07, 6.45) is 4.69. The van der Waals surface area contributed by atoms with Crippen molar-refractivity contribution in [2.45, 2.75) is 38.1 Å². The maximum atomic E-state index is 6.11. The predicted octanol–water partition coefficient (Wildman–Crippen LogP) is 2.37. The van der Waals surface area contributed by atoms with Gasteiger partial charge in [-0.25, -0.2) is 0 Å². The van der Waals surface area contributed by atoms with Crippen LogP contribution in [0.3, 0.4) is 0 Å². The third-order valence-corrected chi connectivity index (χ3v) is 5.07. The molecule has 0 atom stereocenters. The highest BCUT2D eigenvalue weighted by molar-refractivity contribution is 5.92. The van der Waals surface area contributed by atoms with Gasteiger partial charge in [0.05, 0.1) is 6.54 Å². The molecule has 1 aromatic carbocycles. The van der Waals surface area contributed by atoms with Crippen LogP contribution in [0.1, 0.15) is 31.2 Å². The Balaban J connectivity index is 1.65. The lowest BCUT2D eigenvalue weighted by molar-refractivity contribution is -0.0138. The Kier molecular flexibility index (Phi) is 5.18. The summed E-state index contributed by atoms with van der Waals surface area (Å²) in [4.78, 5) is 7.28. The van der Waals surface area contributed by atoms with Crippen LogP contribution >= 0.6 is 0 Å². The normalized spacial score (nSPS) is 22.2. The molecule has 0 saturated carbocycles. The summed E-state index contributed by atoms with van der Waals surface area (Å²) in [5, 5.41) is 3.19. The summed E-state index contributed by atoms with van der Waals surface area (Å²) in [7, 11) is 0. The average molecular weight is 316 g/mol. The van der Waals surface area contributed by atoms with Crippen molar-refractivity contribution in [1.82, 2.24) is 4.90 Å². The second-order valence-corrected chi connectivity index (χ2v) is 6.72. The number of nitrogens with zero attached hydrogens (tertiary/aromatic N) is 2. The van der Waals surface area contributed by atoms with Gasteiger partial charge < -0.3 is 15.8 Å². The van der Waals surface area contributed by atoms with E-state index in [-0.39, 0.29) is 5.54 Å². The van der Waals surface area contributed by atoms with E-state index in [1.54, 1.807) is 0 Å². The molecule has 0 radical (unpaired) electrons. The van der Waals surface area contributed by atoms with Crippen molar-refractivity contribution in [1.29, 1.82) is 0 Å². The molecule has 5 nitrogen and oxygen atoms in total. The van der Waals surface area contributed by atoms with Crippen molar-refractivity contribution in [3.05, 3.63) is 29.8 Å². The highest BCUT2D eigenvalue weighted by Crippen LogP contribution is 2.31. The lowest BCUT2D eigenvalue weighted by atomic mass is 9.88. The molecule has 0 aromatic heterocycles. The second-order valence-electron chi connectivity index (χ2n) is 6.72. The minimum Gasteiger partial charge on any atom is -0.381 e. The van der Waals surface area contributed by atoms with Crippen LogP contribution in [0.25, 0.3) is 0 Å². The van der Waals surface area contributed by atoms with Crippen molar-refractivity contribution in [3.63, 3.8) is 0 Å². The standard InChI is InChI=1S/C18H28N4O/c1-15-4-6-16(7-5-15)21-17(19)20-14-18(8-12-23-13-9-18)22-10-2-3-11-22/h4-7H,2-3,8-14H2,1H3,(H3,19,20,21). The number of nitrogens with one attached hydrogen (secondary N) is 1. The Bertz CT molecular complexity index is 528. The highest BCUT2D eigenvalue weighted by atomic mass is 16.5. The fraction of sp³-hybridized carbons (Fsp3) is 0.611. The average Bonchev–Trinajstić information content (AvgIpc) is 3.11. The summed E-state index contributed by atoms with van der Waals surface area (Å²) >= 11 is 0. The SMILES string of the molecule is Cc1ccc(NC(N)=NCC2(N3CCCC3)CCOCC2)cc1. The van der Waals surface area contributed by atoms with Gasteiger partial charge in [0.2, 0.25) is 0 Å². The van der Waals surface area contributed by atoms with Crippen molar-refractivity contribution < 1.29 is 4.74 Å². The van der Waals surface area contributed by atoms with E-state index in [0.717, 1.165) is 38.3 Å². The molecule has 126 valence electrons. The largest absolute Gasteiger partial charge is 0.381 e. The third-order valence-electron chi connectivity index (χ3n) is 5.07. The Morgan fingerprint density at radius 3 is 2.52 bits per heavy atom. The molecule has 0 bridgehead atoms. The van der Waals surface area contributed by atoms with Gasteiger partial charge in [0.25, 0.3) is 0 Å². The van der Waals surface area contributed by atoms with Crippen LogP contribution in [0.4, 0.5) is 5.69 Å². The molecule has 0 aliphatic carbocycles. The lowest BCUT2D eigenvalue weighted by Gasteiger charge is -2.43. The quantitative estimate of drug-likeness (QED) is 0.661. The van der Waals surface area contributed by atoms with Gasteiger partial charge in [-0.05, 0) is 57.8 Å².